The van der Waals surface area contributed by atoms with Gasteiger partial charge in [-0.05, 0) is 91.1 Å². The zero-order valence-corrected chi connectivity index (χ0v) is 31.2. The molecule has 5 nitrogen and oxygen atoms in total. The van der Waals surface area contributed by atoms with E-state index in [0.717, 1.165) is 56.2 Å². The molecule has 3 aromatic heterocycles. The Morgan fingerprint density at radius 1 is 0.386 bits per heavy atom. The number of hydrogen-bond donors (Lipinski definition) is 0. The third kappa shape index (κ3) is 5.20. The van der Waals surface area contributed by atoms with Crippen LogP contribution in [0.4, 0.5) is 17.2 Å². The molecule has 0 aliphatic heterocycles. The molecular formula is C52H37N5. The van der Waals surface area contributed by atoms with Crippen molar-refractivity contribution in [2.75, 3.05) is 4.90 Å². The highest BCUT2D eigenvalue weighted by molar-refractivity contribution is 6.17. The second kappa shape index (κ2) is 13.3. The number of anilines is 2. The molecule has 0 radical (unpaired) electrons. The smallest absolute Gasteiger partial charge is 0.161 e. The Morgan fingerprint density at radius 2 is 0.860 bits per heavy atom. The molecule has 0 N–H and O–H groups in total. The quantitative estimate of drug-likeness (QED) is 0.143. The maximum absolute atomic E-state index is 4.84. The van der Waals surface area contributed by atoms with Crippen molar-refractivity contribution in [1.29, 1.82) is 0 Å². The Labute approximate surface area is 330 Å². The SMILES string of the molecule is C=Nc1c(N(Cc2ccccc2)c2ccccc2)c2cc3c(cc2n1-c1ccccc1)c1ccccc1n3-c1ccc2c(c1)c1ccccc1n2-c1ccccc1. The maximum Gasteiger partial charge on any atom is 0.161 e. The summed E-state index contributed by atoms with van der Waals surface area (Å²) in [5.41, 5.74) is 12.3. The standard InChI is InChI=1S/C52H37N5/c1-53-52-51(54(37-20-8-3-9-21-37)35-36-18-6-2-7-19-36)45-34-49-44(33-50(45)57(52)39-24-12-5-13-25-39)42-27-15-17-29-47(42)56(49)40-30-31-48-43(32-40)41-26-14-16-28-46(41)55(48)38-22-10-4-11-23-38/h2-34H,1,35H2. The average molecular weight is 732 g/mol. The van der Waals surface area contributed by atoms with Crippen LogP contribution in [-0.2, 0) is 6.54 Å². The van der Waals surface area contributed by atoms with Crippen LogP contribution in [0, 0.1) is 0 Å². The van der Waals surface area contributed by atoms with Crippen molar-refractivity contribution < 1.29 is 0 Å². The number of benzene rings is 8. The minimum absolute atomic E-state index is 0.657. The van der Waals surface area contributed by atoms with Crippen molar-refractivity contribution >= 4 is 78.4 Å². The van der Waals surface area contributed by atoms with E-state index in [1.807, 2.05) is 0 Å². The van der Waals surface area contributed by atoms with Gasteiger partial charge in [-0.15, -0.1) is 0 Å². The summed E-state index contributed by atoms with van der Waals surface area (Å²) in [5.74, 6) is 0.801. The van der Waals surface area contributed by atoms with E-state index in [2.05, 4.69) is 226 Å². The van der Waals surface area contributed by atoms with Gasteiger partial charge >= 0.3 is 0 Å². The van der Waals surface area contributed by atoms with Gasteiger partial charge in [-0.25, -0.2) is 4.99 Å². The molecule has 11 rings (SSSR count). The van der Waals surface area contributed by atoms with Gasteiger partial charge < -0.3 is 14.0 Å². The van der Waals surface area contributed by atoms with E-state index in [9.17, 15) is 0 Å². The molecule has 270 valence electrons. The summed E-state index contributed by atoms with van der Waals surface area (Å²) in [6, 6.07) is 71.6. The summed E-state index contributed by atoms with van der Waals surface area (Å²) in [6.45, 7) is 4.86. The molecule has 0 aliphatic rings. The molecule has 0 unspecified atom stereocenters. The summed E-state index contributed by atoms with van der Waals surface area (Å²) in [7, 11) is 0. The first-order chi connectivity index (χ1) is 28.3. The summed E-state index contributed by atoms with van der Waals surface area (Å²) in [5, 5.41) is 5.91. The third-order valence-corrected chi connectivity index (χ3v) is 11.3. The van der Waals surface area contributed by atoms with Gasteiger partial charge in [0.2, 0.25) is 0 Å². The molecular weight excluding hydrogens is 695 g/mol. The van der Waals surface area contributed by atoms with Gasteiger partial charge in [0.05, 0.1) is 33.3 Å². The van der Waals surface area contributed by atoms with E-state index in [0.29, 0.717) is 6.54 Å². The normalized spacial score (nSPS) is 11.6. The first-order valence-electron chi connectivity index (χ1n) is 19.4. The number of para-hydroxylation sites is 5. The Balaban J connectivity index is 1.23. The zero-order chi connectivity index (χ0) is 37.9. The zero-order valence-electron chi connectivity index (χ0n) is 31.2. The molecule has 0 saturated heterocycles. The molecule has 3 heterocycles. The van der Waals surface area contributed by atoms with Crippen LogP contribution in [0.2, 0.25) is 0 Å². The Morgan fingerprint density at radius 3 is 1.49 bits per heavy atom. The van der Waals surface area contributed by atoms with Gasteiger partial charge in [0.25, 0.3) is 0 Å². The first kappa shape index (κ1) is 32.8. The molecule has 0 spiro atoms. The van der Waals surface area contributed by atoms with Gasteiger partial charge in [0.15, 0.2) is 5.82 Å². The fourth-order valence-corrected chi connectivity index (χ4v) is 8.88. The van der Waals surface area contributed by atoms with Crippen molar-refractivity contribution in [2.45, 2.75) is 6.54 Å². The van der Waals surface area contributed by atoms with Gasteiger partial charge in [0, 0.05) is 56.2 Å². The molecule has 0 amide bonds. The van der Waals surface area contributed by atoms with Crippen molar-refractivity contribution in [2.24, 2.45) is 4.99 Å². The van der Waals surface area contributed by atoms with Crippen molar-refractivity contribution in [1.82, 2.24) is 13.7 Å². The molecule has 0 fully saturated rings. The van der Waals surface area contributed by atoms with E-state index in [1.165, 1.54) is 38.1 Å². The van der Waals surface area contributed by atoms with Gasteiger partial charge in [-0.2, -0.15) is 0 Å². The second-order valence-electron chi connectivity index (χ2n) is 14.5. The molecule has 57 heavy (non-hydrogen) atoms. The van der Waals surface area contributed by atoms with Crippen LogP contribution in [0.3, 0.4) is 0 Å². The summed E-state index contributed by atoms with van der Waals surface area (Å²) >= 11 is 0. The van der Waals surface area contributed by atoms with Crippen LogP contribution in [0.25, 0.3) is 71.6 Å². The van der Waals surface area contributed by atoms with E-state index in [1.54, 1.807) is 0 Å². The van der Waals surface area contributed by atoms with Crippen LogP contribution < -0.4 is 4.90 Å². The predicted molar refractivity (Wildman–Crippen MR) is 240 cm³/mol. The summed E-state index contributed by atoms with van der Waals surface area (Å²) < 4.78 is 7.08. The topological polar surface area (TPSA) is 30.4 Å². The molecule has 0 saturated carbocycles. The van der Waals surface area contributed by atoms with Gasteiger partial charge in [-0.3, -0.25) is 4.57 Å². The molecule has 11 aromatic rings. The van der Waals surface area contributed by atoms with Crippen LogP contribution >= 0.6 is 0 Å². The molecule has 0 atom stereocenters. The van der Waals surface area contributed by atoms with Crippen molar-refractivity contribution in [3.63, 3.8) is 0 Å². The summed E-state index contributed by atoms with van der Waals surface area (Å²) in [6.07, 6.45) is 0. The van der Waals surface area contributed by atoms with Gasteiger partial charge in [-0.1, -0.05) is 121 Å². The van der Waals surface area contributed by atoms with Crippen LogP contribution in [0.5, 0.6) is 0 Å². The fraction of sp³-hybridized carbons (Fsp3) is 0.0192. The number of rotatable bonds is 8. The maximum atomic E-state index is 4.84. The molecule has 0 bridgehead atoms. The van der Waals surface area contributed by atoms with Crippen molar-refractivity contribution in [3.05, 3.63) is 206 Å². The number of nitrogens with zero attached hydrogens (tertiary/aromatic N) is 5. The summed E-state index contributed by atoms with van der Waals surface area (Å²) in [4.78, 5) is 7.24. The highest BCUT2D eigenvalue weighted by Crippen LogP contribution is 2.48. The predicted octanol–water partition coefficient (Wildman–Crippen LogP) is 13.5. The largest absolute Gasteiger partial charge is 0.333 e. The van der Waals surface area contributed by atoms with Crippen LogP contribution in [0.1, 0.15) is 5.56 Å². The van der Waals surface area contributed by atoms with Crippen LogP contribution in [-0.4, -0.2) is 20.4 Å². The average Bonchev–Trinajstić information content (AvgIpc) is 3.90. The highest BCUT2D eigenvalue weighted by atomic mass is 15.2. The minimum Gasteiger partial charge on any atom is -0.333 e. The minimum atomic E-state index is 0.657. The van der Waals surface area contributed by atoms with Crippen LogP contribution in [0.15, 0.2) is 205 Å². The monoisotopic (exact) mass is 731 g/mol. The fourth-order valence-electron chi connectivity index (χ4n) is 8.88. The number of aromatic nitrogens is 3. The van der Waals surface area contributed by atoms with Gasteiger partial charge in [0.1, 0.15) is 0 Å². The Hall–Kier alpha value is -7.63. The van der Waals surface area contributed by atoms with E-state index in [4.69, 9.17) is 4.99 Å². The number of hydrogen-bond acceptors (Lipinski definition) is 2. The highest BCUT2D eigenvalue weighted by Gasteiger charge is 2.26. The lowest BCUT2D eigenvalue weighted by atomic mass is 10.1. The first-order valence-corrected chi connectivity index (χ1v) is 19.4. The Bertz CT molecular complexity index is 3270. The second-order valence-corrected chi connectivity index (χ2v) is 14.5. The van der Waals surface area contributed by atoms with E-state index >= 15 is 0 Å². The lowest BCUT2D eigenvalue weighted by Gasteiger charge is -2.25. The van der Waals surface area contributed by atoms with E-state index < -0.39 is 0 Å². The molecule has 8 aromatic carbocycles. The van der Waals surface area contributed by atoms with E-state index in [-0.39, 0.29) is 0 Å². The molecule has 5 heteroatoms. The lowest BCUT2D eigenvalue weighted by molar-refractivity contribution is 0.973. The lowest BCUT2D eigenvalue weighted by Crippen LogP contribution is -2.16. The Kier molecular flexibility index (Phi) is 7.64. The number of aliphatic imine (C=N–C) groups is 1. The van der Waals surface area contributed by atoms with Crippen molar-refractivity contribution in [3.8, 4) is 17.1 Å². The molecule has 0 aliphatic carbocycles. The number of fused-ring (bicyclic) bond motifs is 7. The third-order valence-electron chi connectivity index (χ3n) is 11.3.